The molecule has 0 aromatic rings. The molecule has 1 aliphatic carbocycles. The Morgan fingerprint density at radius 1 is 1.26 bits per heavy atom. The summed E-state index contributed by atoms with van der Waals surface area (Å²) in [5.41, 5.74) is 0. The van der Waals surface area contributed by atoms with Gasteiger partial charge in [0.2, 0.25) is 5.91 Å². The van der Waals surface area contributed by atoms with Gasteiger partial charge in [-0.1, -0.05) is 12.2 Å². The van der Waals surface area contributed by atoms with E-state index in [-0.39, 0.29) is 18.2 Å². The number of aliphatic carboxylic acids is 1. The molecular formula is C15H23NO3. The Labute approximate surface area is 114 Å². The molecule has 1 heterocycles. The summed E-state index contributed by atoms with van der Waals surface area (Å²) in [5.74, 6) is 0.0707. The fraction of sp³-hybridized carbons (Fsp3) is 0.733. The predicted octanol–water partition coefficient (Wildman–Crippen LogP) is 2.45. The SMILES string of the molecule is O=C(O)CC[C@H]1CCCN(C(=O)[C@H]2CC=CCC2)C1. The number of carbonyl (C=O) groups excluding carboxylic acids is 1. The zero-order valence-corrected chi connectivity index (χ0v) is 11.4. The summed E-state index contributed by atoms with van der Waals surface area (Å²) >= 11 is 0. The molecule has 1 amide bonds. The fourth-order valence-electron chi connectivity index (χ4n) is 3.10. The van der Waals surface area contributed by atoms with Gasteiger partial charge in [-0.3, -0.25) is 9.59 Å². The maximum absolute atomic E-state index is 12.4. The second kappa shape index (κ2) is 6.73. The van der Waals surface area contributed by atoms with Gasteiger partial charge in [0, 0.05) is 25.4 Å². The molecule has 2 aliphatic rings. The van der Waals surface area contributed by atoms with E-state index in [9.17, 15) is 9.59 Å². The Morgan fingerprint density at radius 3 is 2.79 bits per heavy atom. The van der Waals surface area contributed by atoms with Crippen LogP contribution in [0, 0.1) is 11.8 Å². The number of piperidine rings is 1. The lowest BCUT2D eigenvalue weighted by molar-refractivity contribution is -0.138. The van der Waals surface area contributed by atoms with Crippen LogP contribution >= 0.6 is 0 Å². The topological polar surface area (TPSA) is 57.6 Å². The summed E-state index contributed by atoms with van der Waals surface area (Å²) < 4.78 is 0. The highest BCUT2D eigenvalue weighted by atomic mass is 16.4. The molecule has 1 N–H and O–H groups in total. The molecule has 0 unspecified atom stereocenters. The molecule has 0 saturated carbocycles. The number of amides is 1. The van der Waals surface area contributed by atoms with Crippen molar-refractivity contribution in [3.8, 4) is 0 Å². The molecule has 1 aliphatic heterocycles. The van der Waals surface area contributed by atoms with E-state index in [4.69, 9.17) is 5.11 Å². The van der Waals surface area contributed by atoms with Crippen molar-refractivity contribution in [2.45, 2.75) is 44.9 Å². The Bertz CT molecular complexity index is 364. The number of hydrogen-bond acceptors (Lipinski definition) is 2. The highest BCUT2D eigenvalue weighted by molar-refractivity contribution is 5.79. The molecule has 0 aromatic carbocycles. The zero-order valence-electron chi connectivity index (χ0n) is 11.4. The van der Waals surface area contributed by atoms with Crippen LogP contribution in [0.2, 0.25) is 0 Å². The second-order valence-electron chi connectivity index (χ2n) is 5.71. The Kier molecular flexibility index (Phi) is 5.00. The first kappa shape index (κ1) is 14.1. The number of nitrogens with zero attached hydrogens (tertiary/aromatic N) is 1. The Balaban J connectivity index is 1.84. The Morgan fingerprint density at radius 2 is 2.11 bits per heavy atom. The van der Waals surface area contributed by atoms with E-state index in [1.54, 1.807) is 0 Å². The lowest BCUT2D eigenvalue weighted by Crippen LogP contribution is -2.43. The Hall–Kier alpha value is -1.32. The van der Waals surface area contributed by atoms with Gasteiger partial charge in [0.15, 0.2) is 0 Å². The van der Waals surface area contributed by atoms with Gasteiger partial charge in [0.25, 0.3) is 0 Å². The van der Waals surface area contributed by atoms with Crippen LogP contribution in [0.15, 0.2) is 12.2 Å². The van der Waals surface area contributed by atoms with Crippen LogP contribution in [-0.2, 0) is 9.59 Å². The molecule has 4 nitrogen and oxygen atoms in total. The van der Waals surface area contributed by atoms with E-state index in [2.05, 4.69) is 12.2 Å². The molecule has 0 aromatic heterocycles. The lowest BCUT2D eigenvalue weighted by Gasteiger charge is -2.35. The molecule has 0 bridgehead atoms. The predicted molar refractivity (Wildman–Crippen MR) is 72.7 cm³/mol. The number of rotatable bonds is 4. The van der Waals surface area contributed by atoms with Crippen molar-refractivity contribution in [1.29, 1.82) is 0 Å². The van der Waals surface area contributed by atoms with Gasteiger partial charge in [0.1, 0.15) is 0 Å². The summed E-state index contributed by atoms with van der Waals surface area (Å²) in [6.07, 6.45) is 10.1. The number of hydrogen-bond donors (Lipinski definition) is 1. The van der Waals surface area contributed by atoms with E-state index in [1.807, 2.05) is 4.90 Å². The number of allylic oxidation sites excluding steroid dienone is 2. The van der Waals surface area contributed by atoms with Crippen LogP contribution in [0.5, 0.6) is 0 Å². The number of likely N-dealkylation sites (tertiary alicyclic amines) is 1. The molecule has 0 radical (unpaired) electrons. The minimum absolute atomic E-state index is 0.156. The van der Waals surface area contributed by atoms with Crippen LogP contribution in [0.3, 0.4) is 0 Å². The first-order valence-electron chi connectivity index (χ1n) is 7.32. The van der Waals surface area contributed by atoms with E-state index in [0.29, 0.717) is 12.3 Å². The van der Waals surface area contributed by atoms with Gasteiger partial charge in [-0.25, -0.2) is 0 Å². The third kappa shape index (κ3) is 4.08. The van der Waals surface area contributed by atoms with Crippen molar-refractivity contribution in [2.75, 3.05) is 13.1 Å². The van der Waals surface area contributed by atoms with Crippen LogP contribution in [0.25, 0.3) is 0 Å². The van der Waals surface area contributed by atoms with Gasteiger partial charge in [-0.2, -0.15) is 0 Å². The summed E-state index contributed by atoms with van der Waals surface area (Å²) in [4.78, 5) is 25.0. The highest BCUT2D eigenvalue weighted by Gasteiger charge is 2.28. The number of carbonyl (C=O) groups is 2. The first-order valence-corrected chi connectivity index (χ1v) is 7.32. The van der Waals surface area contributed by atoms with Gasteiger partial charge < -0.3 is 10.0 Å². The second-order valence-corrected chi connectivity index (χ2v) is 5.71. The summed E-state index contributed by atoms with van der Waals surface area (Å²) in [7, 11) is 0. The average molecular weight is 265 g/mol. The summed E-state index contributed by atoms with van der Waals surface area (Å²) in [6, 6.07) is 0. The highest BCUT2D eigenvalue weighted by Crippen LogP contribution is 2.26. The van der Waals surface area contributed by atoms with E-state index in [0.717, 1.165) is 45.2 Å². The minimum Gasteiger partial charge on any atom is -0.481 e. The van der Waals surface area contributed by atoms with E-state index < -0.39 is 5.97 Å². The molecule has 106 valence electrons. The van der Waals surface area contributed by atoms with E-state index >= 15 is 0 Å². The average Bonchev–Trinajstić information content (AvgIpc) is 2.45. The lowest BCUT2D eigenvalue weighted by atomic mass is 9.89. The first-order chi connectivity index (χ1) is 9.16. The third-order valence-electron chi connectivity index (χ3n) is 4.22. The van der Waals surface area contributed by atoms with Crippen LogP contribution in [-0.4, -0.2) is 35.0 Å². The fourth-order valence-corrected chi connectivity index (χ4v) is 3.10. The molecular weight excluding hydrogens is 242 g/mol. The number of carboxylic acid groups (broad SMARTS) is 1. The normalized spacial score (nSPS) is 27.3. The maximum atomic E-state index is 12.4. The van der Waals surface area contributed by atoms with Crippen LogP contribution in [0.4, 0.5) is 0 Å². The van der Waals surface area contributed by atoms with E-state index in [1.165, 1.54) is 0 Å². The number of carboxylic acids is 1. The van der Waals surface area contributed by atoms with Crippen LogP contribution < -0.4 is 0 Å². The smallest absolute Gasteiger partial charge is 0.303 e. The summed E-state index contributed by atoms with van der Waals surface area (Å²) in [5, 5.41) is 8.73. The molecule has 0 spiro atoms. The quantitative estimate of drug-likeness (QED) is 0.794. The van der Waals surface area contributed by atoms with Crippen molar-refractivity contribution in [1.82, 2.24) is 4.90 Å². The van der Waals surface area contributed by atoms with Crippen molar-refractivity contribution >= 4 is 11.9 Å². The molecule has 2 atom stereocenters. The largest absolute Gasteiger partial charge is 0.481 e. The molecule has 1 saturated heterocycles. The third-order valence-corrected chi connectivity index (χ3v) is 4.22. The van der Waals surface area contributed by atoms with Gasteiger partial charge in [0.05, 0.1) is 0 Å². The molecule has 1 fully saturated rings. The van der Waals surface area contributed by atoms with Gasteiger partial charge >= 0.3 is 5.97 Å². The monoisotopic (exact) mass is 265 g/mol. The van der Waals surface area contributed by atoms with Crippen molar-refractivity contribution in [3.05, 3.63) is 12.2 Å². The van der Waals surface area contributed by atoms with Gasteiger partial charge in [-0.05, 0) is 44.4 Å². The van der Waals surface area contributed by atoms with Crippen molar-refractivity contribution < 1.29 is 14.7 Å². The summed E-state index contributed by atoms with van der Waals surface area (Å²) in [6.45, 7) is 1.61. The molecule has 2 rings (SSSR count). The van der Waals surface area contributed by atoms with Crippen molar-refractivity contribution in [3.63, 3.8) is 0 Å². The molecule has 4 heteroatoms. The standard InChI is InChI=1S/C15H23NO3/c17-14(18)9-8-12-5-4-10-16(11-12)15(19)13-6-2-1-3-7-13/h1-2,12-13H,3-11H2,(H,17,18)/t12-,13+/m1/s1. The van der Waals surface area contributed by atoms with Crippen molar-refractivity contribution in [2.24, 2.45) is 11.8 Å². The maximum Gasteiger partial charge on any atom is 0.303 e. The molecule has 19 heavy (non-hydrogen) atoms. The van der Waals surface area contributed by atoms with Gasteiger partial charge in [-0.15, -0.1) is 0 Å². The van der Waals surface area contributed by atoms with Crippen LogP contribution in [0.1, 0.15) is 44.9 Å². The minimum atomic E-state index is -0.735. The zero-order chi connectivity index (χ0) is 13.7.